The number of piperazine rings is 1. The van der Waals surface area contributed by atoms with Crippen molar-refractivity contribution in [2.45, 2.75) is 39.0 Å². The Morgan fingerprint density at radius 2 is 1.91 bits per heavy atom. The molecule has 0 radical (unpaired) electrons. The van der Waals surface area contributed by atoms with E-state index in [1.807, 2.05) is 25.2 Å². The third-order valence-corrected chi connectivity index (χ3v) is 8.19. The van der Waals surface area contributed by atoms with Crippen LogP contribution in [0, 0.1) is 0 Å². The molecule has 0 amide bonds. The third kappa shape index (κ3) is 4.91. The summed E-state index contributed by atoms with van der Waals surface area (Å²) in [5.74, 6) is 0.904. The van der Waals surface area contributed by atoms with Crippen LogP contribution in [-0.2, 0) is 20.0 Å². The molecule has 4 rings (SSSR count). The molecule has 7 heteroatoms. The zero-order chi connectivity index (χ0) is 22.8. The summed E-state index contributed by atoms with van der Waals surface area (Å²) in [5, 5.41) is 1.45. The van der Waals surface area contributed by atoms with Gasteiger partial charge < -0.3 is 9.30 Å². The molecule has 3 heterocycles. The summed E-state index contributed by atoms with van der Waals surface area (Å²) in [5.41, 5.74) is 3.45. The van der Waals surface area contributed by atoms with Gasteiger partial charge in [0.2, 0.25) is 0 Å². The topological polar surface area (TPSA) is 37.7 Å². The van der Waals surface area contributed by atoms with E-state index in [1.54, 1.807) is 23.0 Å². The molecular formula is C25H33N3O2S2. The van der Waals surface area contributed by atoms with E-state index in [-0.39, 0.29) is 5.56 Å². The maximum Gasteiger partial charge on any atom is 0.259 e. The van der Waals surface area contributed by atoms with Gasteiger partial charge in [0, 0.05) is 66.4 Å². The highest BCUT2D eigenvalue weighted by Gasteiger charge is 2.20. The second-order valence-corrected chi connectivity index (χ2v) is 11.5. The molecule has 1 aliphatic heterocycles. The lowest BCUT2D eigenvalue weighted by Crippen LogP contribution is -2.43. The Morgan fingerprint density at radius 1 is 1.16 bits per heavy atom. The standard InChI is InChI=1S/C25H33N3O2S2/c1-6-18-7-8-19(13-23(18)30-5)22-16-26(4)25(29)21-14-20(31-24(21)22)15-27-9-11-28(12-10-27)32-17(2)3/h7-8,13-14,16-17H,6,9-12,15H2,1-5H3. The highest BCUT2D eigenvalue weighted by molar-refractivity contribution is 7.97. The summed E-state index contributed by atoms with van der Waals surface area (Å²) in [6.07, 6.45) is 2.89. The first kappa shape index (κ1) is 23.4. The smallest absolute Gasteiger partial charge is 0.259 e. The Morgan fingerprint density at radius 3 is 2.56 bits per heavy atom. The van der Waals surface area contributed by atoms with Crippen molar-refractivity contribution in [1.29, 1.82) is 0 Å². The van der Waals surface area contributed by atoms with Gasteiger partial charge in [-0.3, -0.25) is 9.69 Å². The first-order valence-corrected chi connectivity index (χ1v) is 13.0. The van der Waals surface area contributed by atoms with Crippen molar-refractivity contribution in [3.63, 3.8) is 0 Å². The van der Waals surface area contributed by atoms with Crippen molar-refractivity contribution in [3.05, 3.63) is 51.3 Å². The number of fused-ring (bicyclic) bond motifs is 1. The molecule has 32 heavy (non-hydrogen) atoms. The van der Waals surface area contributed by atoms with Gasteiger partial charge >= 0.3 is 0 Å². The number of hydrogen-bond donors (Lipinski definition) is 0. The Kier molecular flexibility index (Phi) is 7.30. The molecule has 1 aromatic carbocycles. The van der Waals surface area contributed by atoms with E-state index >= 15 is 0 Å². The van der Waals surface area contributed by atoms with Gasteiger partial charge in [-0.2, -0.15) is 0 Å². The number of aromatic nitrogens is 1. The minimum Gasteiger partial charge on any atom is -0.496 e. The molecule has 0 N–H and O–H groups in total. The molecule has 0 atom stereocenters. The van der Waals surface area contributed by atoms with Crippen LogP contribution in [0.4, 0.5) is 0 Å². The molecule has 0 spiro atoms. The molecular weight excluding hydrogens is 438 g/mol. The van der Waals surface area contributed by atoms with E-state index in [0.29, 0.717) is 5.25 Å². The van der Waals surface area contributed by atoms with Crippen molar-refractivity contribution in [2.75, 3.05) is 33.3 Å². The highest BCUT2D eigenvalue weighted by atomic mass is 32.2. The second kappa shape index (κ2) is 10.00. The highest BCUT2D eigenvalue weighted by Crippen LogP contribution is 2.36. The van der Waals surface area contributed by atoms with Crippen molar-refractivity contribution in [3.8, 4) is 16.9 Å². The maximum atomic E-state index is 12.9. The lowest BCUT2D eigenvalue weighted by Gasteiger charge is -2.34. The molecule has 0 saturated carbocycles. The van der Waals surface area contributed by atoms with Crippen molar-refractivity contribution in [2.24, 2.45) is 7.05 Å². The average Bonchev–Trinajstić information content (AvgIpc) is 3.20. The van der Waals surface area contributed by atoms with Crippen LogP contribution in [0.5, 0.6) is 5.75 Å². The predicted octanol–water partition coefficient (Wildman–Crippen LogP) is 5.01. The zero-order valence-corrected chi connectivity index (χ0v) is 21.3. The van der Waals surface area contributed by atoms with Crippen molar-refractivity contribution >= 4 is 33.4 Å². The number of pyridine rings is 1. The number of rotatable bonds is 7. The number of hydrogen-bond acceptors (Lipinski definition) is 6. The fraction of sp³-hybridized carbons (Fsp3) is 0.480. The SMILES string of the molecule is CCc1ccc(-c2cn(C)c(=O)c3cc(CN4CCN(SC(C)C)CC4)sc23)cc1OC. The molecule has 2 aromatic heterocycles. The largest absolute Gasteiger partial charge is 0.496 e. The van der Waals surface area contributed by atoms with Crippen LogP contribution in [0.1, 0.15) is 31.2 Å². The molecule has 5 nitrogen and oxygen atoms in total. The van der Waals surface area contributed by atoms with Gasteiger partial charge in [-0.15, -0.1) is 11.3 Å². The monoisotopic (exact) mass is 471 g/mol. The number of nitrogens with zero attached hydrogens (tertiary/aromatic N) is 3. The van der Waals surface area contributed by atoms with Crippen molar-refractivity contribution < 1.29 is 4.74 Å². The maximum absolute atomic E-state index is 12.9. The lowest BCUT2D eigenvalue weighted by atomic mass is 10.0. The van der Waals surface area contributed by atoms with E-state index in [0.717, 1.165) is 66.1 Å². The van der Waals surface area contributed by atoms with Crippen molar-refractivity contribution in [1.82, 2.24) is 13.8 Å². The van der Waals surface area contributed by atoms with Gasteiger partial charge in [-0.1, -0.05) is 44.9 Å². The zero-order valence-electron chi connectivity index (χ0n) is 19.7. The summed E-state index contributed by atoms with van der Waals surface area (Å²) in [7, 11) is 3.56. The molecule has 172 valence electrons. The minimum atomic E-state index is 0.0709. The van der Waals surface area contributed by atoms with E-state index < -0.39 is 0 Å². The third-order valence-electron chi connectivity index (χ3n) is 5.95. The van der Waals surface area contributed by atoms with Crippen LogP contribution in [0.15, 0.2) is 35.3 Å². The summed E-state index contributed by atoms with van der Waals surface area (Å²) in [6.45, 7) is 11.8. The number of methoxy groups -OCH3 is 1. The van der Waals surface area contributed by atoms with Crippen LogP contribution in [-0.4, -0.2) is 52.3 Å². The molecule has 0 aliphatic carbocycles. The summed E-state index contributed by atoms with van der Waals surface area (Å²) in [6, 6.07) is 8.49. The van der Waals surface area contributed by atoms with Gasteiger partial charge in [0.05, 0.1) is 12.5 Å². The van der Waals surface area contributed by atoms with Crippen LogP contribution in [0.25, 0.3) is 21.2 Å². The summed E-state index contributed by atoms with van der Waals surface area (Å²) in [4.78, 5) is 16.7. The predicted molar refractivity (Wildman–Crippen MR) is 138 cm³/mol. The van der Waals surface area contributed by atoms with Gasteiger partial charge in [0.15, 0.2) is 0 Å². The number of benzene rings is 1. The summed E-state index contributed by atoms with van der Waals surface area (Å²) < 4.78 is 10.9. The normalized spacial score (nSPS) is 15.7. The first-order chi connectivity index (χ1) is 15.4. The van der Waals surface area contributed by atoms with Crippen LogP contribution in [0.3, 0.4) is 0 Å². The minimum absolute atomic E-state index is 0.0709. The van der Waals surface area contributed by atoms with E-state index in [9.17, 15) is 4.79 Å². The molecule has 1 fully saturated rings. The van der Waals surface area contributed by atoms with Crippen LogP contribution < -0.4 is 10.3 Å². The number of aryl methyl sites for hydroxylation is 2. The van der Waals surface area contributed by atoms with E-state index in [2.05, 4.69) is 54.2 Å². The fourth-order valence-corrected chi connectivity index (χ4v) is 6.49. The second-order valence-electron chi connectivity index (χ2n) is 8.65. The number of thiophene rings is 1. The fourth-order valence-electron chi connectivity index (χ4n) is 4.30. The van der Waals surface area contributed by atoms with Crippen LogP contribution >= 0.6 is 23.3 Å². The molecule has 0 bridgehead atoms. The Hall–Kier alpha value is -1.80. The first-order valence-electron chi connectivity index (χ1n) is 11.3. The molecule has 1 saturated heterocycles. The Bertz CT molecular complexity index is 1140. The van der Waals surface area contributed by atoms with E-state index in [1.165, 1.54) is 10.4 Å². The van der Waals surface area contributed by atoms with Gasteiger partial charge in [-0.05, 0) is 29.7 Å². The van der Waals surface area contributed by atoms with Gasteiger partial charge in [0.1, 0.15) is 5.75 Å². The Balaban J connectivity index is 1.63. The number of ether oxygens (including phenoxy) is 1. The lowest BCUT2D eigenvalue weighted by molar-refractivity contribution is 0.190. The van der Waals surface area contributed by atoms with Gasteiger partial charge in [-0.25, -0.2) is 4.31 Å². The summed E-state index contributed by atoms with van der Waals surface area (Å²) >= 11 is 3.71. The average molecular weight is 472 g/mol. The molecule has 3 aromatic rings. The quantitative estimate of drug-likeness (QED) is 0.453. The molecule has 0 unspecified atom stereocenters. The Labute approximate surface area is 199 Å². The van der Waals surface area contributed by atoms with E-state index in [4.69, 9.17) is 4.74 Å². The van der Waals surface area contributed by atoms with Crippen LogP contribution in [0.2, 0.25) is 0 Å². The molecule has 1 aliphatic rings. The van der Waals surface area contributed by atoms with Gasteiger partial charge in [0.25, 0.3) is 5.56 Å².